The number of likely N-dealkylation sites (N-methyl/N-ethyl adjacent to an activating group) is 1. The lowest BCUT2D eigenvalue weighted by Gasteiger charge is -2.36. The summed E-state index contributed by atoms with van der Waals surface area (Å²) in [5.41, 5.74) is 2.62. The number of hydrogen-bond acceptors (Lipinski definition) is 4. The molecule has 1 fully saturated rings. The molecular formula is C31H38F3N3O. The Morgan fingerprint density at radius 2 is 1.97 bits per heavy atom. The van der Waals surface area contributed by atoms with Gasteiger partial charge in [-0.3, -0.25) is 0 Å². The number of halogens is 3. The number of aromatic nitrogens is 1. The third-order valence-electron chi connectivity index (χ3n) is 6.63. The first kappa shape index (κ1) is 29.1. The van der Waals surface area contributed by atoms with Gasteiger partial charge in [0.2, 0.25) is 0 Å². The van der Waals surface area contributed by atoms with Gasteiger partial charge >= 0.3 is 6.18 Å². The first-order valence-corrected chi connectivity index (χ1v) is 13.0. The number of pyridine rings is 1. The summed E-state index contributed by atoms with van der Waals surface area (Å²) in [6.45, 7) is 8.26. The van der Waals surface area contributed by atoms with Gasteiger partial charge in [0.25, 0.3) is 0 Å². The molecule has 2 heterocycles. The second-order valence-corrected chi connectivity index (χ2v) is 9.62. The smallest absolute Gasteiger partial charge is 0.416 e. The molecule has 0 radical (unpaired) electrons. The molecule has 1 unspecified atom stereocenters. The molecule has 3 rings (SSSR count). The lowest BCUT2D eigenvalue weighted by atomic mass is 9.93. The number of methoxy groups -OCH3 is 1. The van der Waals surface area contributed by atoms with Crippen molar-refractivity contribution in [1.29, 1.82) is 0 Å². The van der Waals surface area contributed by atoms with Crippen molar-refractivity contribution < 1.29 is 17.9 Å². The molecule has 1 aromatic carbocycles. The molecule has 1 atom stereocenters. The van der Waals surface area contributed by atoms with Crippen LogP contribution in [0.3, 0.4) is 0 Å². The molecule has 0 bridgehead atoms. The van der Waals surface area contributed by atoms with Crippen LogP contribution in [0.4, 0.5) is 19.0 Å². The van der Waals surface area contributed by atoms with Crippen LogP contribution in [0.15, 0.2) is 88.8 Å². The summed E-state index contributed by atoms with van der Waals surface area (Å²) in [5.74, 6) is 1.53. The maximum absolute atomic E-state index is 13.8. The van der Waals surface area contributed by atoms with Crippen LogP contribution < -0.4 is 10.1 Å². The van der Waals surface area contributed by atoms with E-state index in [9.17, 15) is 13.2 Å². The zero-order valence-electron chi connectivity index (χ0n) is 23.1. The van der Waals surface area contributed by atoms with Gasteiger partial charge in [-0.05, 0) is 75.5 Å². The molecule has 0 amide bonds. The maximum Gasteiger partial charge on any atom is 0.416 e. The third-order valence-corrected chi connectivity index (χ3v) is 6.63. The van der Waals surface area contributed by atoms with Gasteiger partial charge in [-0.15, -0.1) is 0 Å². The second kappa shape index (κ2) is 12.9. The predicted octanol–water partition coefficient (Wildman–Crippen LogP) is 8.37. The minimum atomic E-state index is -4.42. The number of benzene rings is 1. The highest BCUT2D eigenvalue weighted by atomic mass is 19.4. The Kier molecular flexibility index (Phi) is 9.84. The highest BCUT2D eigenvalue weighted by molar-refractivity contribution is 5.96. The Bertz CT molecular complexity index is 1280. The molecule has 1 N–H and O–H groups in total. The van der Waals surface area contributed by atoms with Crippen molar-refractivity contribution in [3.63, 3.8) is 0 Å². The average Bonchev–Trinajstić information content (AvgIpc) is 2.87. The summed E-state index contributed by atoms with van der Waals surface area (Å²) in [4.78, 5) is 6.80. The van der Waals surface area contributed by atoms with Crippen LogP contribution in [0.1, 0.15) is 47.0 Å². The number of allylic oxidation sites excluding steroid dienone is 9. The van der Waals surface area contributed by atoms with Gasteiger partial charge in [0, 0.05) is 36.3 Å². The van der Waals surface area contributed by atoms with Crippen molar-refractivity contribution in [1.82, 2.24) is 9.88 Å². The van der Waals surface area contributed by atoms with Crippen LogP contribution in [0.25, 0.3) is 10.8 Å². The fraction of sp³-hybridized carbons (Fsp3) is 0.387. The van der Waals surface area contributed by atoms with E-state index in [-0.39, 0.29) is 6.04 Å². The fourth-order valence-corrected chi connectivity index (χ4v) is 4.77. The van der Waals surface area contributed by atoms with Gasteiger partial charge < -0.3 is 15.0 Å². The molecule has 1 saturated heterocycles. The Morgan fingerprint density at radius 1 is 1.21 bits per heavy atom. The van der Waals surface area contributed by atoms with Crippen LogP contribution in [-0.4, -0.2) is 42.8 Å². The summed E-state index contributed by atoms with van der Waals surface area (Å²) in [6.07, 6.45) is 7.55. The van der Waals surface area contributed by atoms with E-state index in [2.05, 4.69) is 15.2 Å². The minimum absolute atomic E-state index is 0.0625. The summed E-state index contributed by atoms with van der Waals surface area (Å²) in [7, 11) is 3.68. The molecule has 38 heavy (non-hydrogen) atoms. The van der Waals surface area contributed by atoms with E-state index >= 15 is 0 Å². The molecule has 1 aliphatic rings. The monoisotopic (exact) mass is 525 g/mol. The van der Waals surface area contributed by atoms with Crippen molar-refractivity contribution in [2.45, 2.75) is 59.2 Å². The summed E-state index contributed by atoms with van der Waals surface area (Å²) >= 11 is 0. The lowest BCUT2D eigenvalue weighted by molar-refractivity contribution is -0.0884. The zero-order chi connectivity index (χ0) is 27.9. The number of nitrogens with zero attached hydrogens (tertiary/aromatic N) is 2. The van der Waals surface area contributed by atoms with Crippen molar-refractivity contribution in [3.8, 4) is 5.75 Å². The van der Waals surface area contributed by atoms with Crippen molar-refractivity contribution in [2.75, 3.05) is 26.0 Å². The number of ether oxygens (including phenoxy) is 1. The van der Waals surface area contributed by atoms with Gasteiger partial charge in [0.15, 0.2) is 0 Å². The van der Waals surface area contributed by atoms with E-state index in [0.717, 1.165) is 58.6 Å². The summed E-state index contributed by atoms with van der Waals surface area (Å²) in [5, 5.41) is 5.55. The number of nitrogens with one attached hydrogen (secondary N) is 1. The van der Waals surface area contributed by atoms with Gasteiger partial charge in [-0.25, -0.2) is 4.98 Å². The van der Waals surface area contributed by atoms with E-state index in [1.807, 2.05) is 58.2 Å². The number of hydrogen-bond donors (Lipinski definition) is 1. The van der Waals surface area contributed by atoms with E-state index < -0.39 is 11.7 Å². The minimum Gasteiger partial charge on any atom is -0.496 e. The number of fused-ring (bicyclic) bond motifs is 1. The molecule has 204 valence electrons. The van der Waals surface area contributed by atoms with Crippen LogP contribution in [0.2, 0.25) is 0 Å². The van der Waals surface area contributed by atoms with E-state index in [0.29, 0.717) is 12.0 Å². The molecular weight excluding hydrogens is 487 g/mol. The number of rotatable bonds is 8. The Labute approximate surface area is 224 Å². The third kappa shape index (κ3) is 6.88. The standard InChI is InChI=1S/C31H38F3N3O/c1-7-11-22(19-23(12-8-2)31(32,33)34)26(21(3)4)20-28-27(14-10-18-37(28)5)36-30-25-13-9-15-29(38-6)24(25)16-17-35-30/h7,9,11-13,15-17,19-20,27H,8,10,14,18H2,1-6H3,(H,35,36)/b11-7-,22-19+,23-12-,28-20-. The van der Waals surface area contributed by atoms with Crippen LogP contribution in [0.5, 0.6) is 5.75 Å². The second-order valence-electron chi connectivity index (χ2n) is 9.62. The number of piperidine rings is 1. The average molecular weight is 526 g/mol. The molecule has 7 heteroatoms. The first-order valence-electron chi connectivity index (χ1n) is 13.0. The Morgan fingerprint density at radius 3 is 2.61 bits per heavy atom. The SMILES string of the molecule is C\C=C/C(=C\C(=C\CC)C(F)(F)F)C(/C=C1/C(Nc2nccc3c(OC)cccc23)CCCN1C)=C(C)C. The van der Waals surface area contributed by atoms with Crippen molar-refractivity contribution >= 4 is 16.6 Å². The van der Waals surface area contributed by atoms with E-state index in [1.165, 1.54) is 12.2 Å². The topological polar surface area (TPSA) is 37.4 Å². The number of anilines is 1. The quantitative estimate of drug-likeness (QED) is 0.351. The van der Waals surface area contributed by atoms with Crippen molar-refractivity contribution in [3.05, 3.63) is 88.8 Å². The van der Waals surface area contributed by atoms with Gasteiger partial charge in [-0.1, -0.05) is 42.9 Å². The molecule has 0 spiro atoms. The zero-order valence-corrected chi connectivity index (χ0v) is 23.1. The first-order chi connectivity index (χ1) is 18.1. The largest absolute Gasteiger partial charge is 0.496 e. The normalized spacial score (nSPS) is 18.4. The molecule has 0 saturated carbocycles. The predicted molar refractivity (Wildman–Crippen MR) is 151 cm³/mol. The fourth-order valence-electron chi connectivity index (χ4n) is 4.77. The summed E-state index contributed by atoms with van der Waals surface area (Å²) < 4.78 is 46.9. The molecule has 4 nitrogen and oxygen atoms in total. The van der Waals surface area contributed by atoms with E-state index in [1.54, 1.807) is 32.4 Å². The lowest BCUT2D eigenvalue weighted by Crippen LogP contribution is -2.38. The molecule has 2 aromatic rings. The summed E-state index contributed by atoms with van der Waals surface area (Å²) in [6, 6.07) is 7.74. The van der Waals surface area contributed by atoms with Crippen molar-refractivity contribution in [2.24, 2.45) is 0 Å². The van der Waals surface area contributed by atoms with E-state index in [4.69, 9.17) is 4.74 Å². The molecule has 0 aliphatic carbocycles. The van der Waals surface area contributed by atoms with Gasteiger partial charge in [0.05, 0.1) is 18.7 Å². The van der Waals surface area contributed by atoms with Gasteiger partial charge in [-0.2, -0.15) is 13.2 Å². The maximum atomic E-state index is 13.8. The van der Waals surface area contributed by atoms with Crippen LogP contribution >= 0.6 is 0 Å². The Balaban J connectivity index is 2.10. The van der Waals surface area contributed by atoms with Crippen LogP contribution in [-0.2, 0) is 0 Å². The highest BCUT2D eigenvalue weighted by Gasteiger charge is 2.32. The van der Waals surface area contributed by atoms with Gasteiger partial charge in [0.1, 0.15) is 11.6 Å². The molecule has 1 aliphatic heterocycles. The number of alkyl halides is 3. The molecule has 1 aromatic heterocycles. The number of likely N-dealkylation sites (tertiary alicyclic amines) is 1. The van der Waals surface area contributed by atoms with Crippen LogP contribution in [0, 0.1) is 0 Å². The highest BCUT2D eigenvalue weighted by Crippen LogP contribution is 2.34. The Hall–Kier alpha value is -3.48.